The number of carboxylic acid groups (broad SMARTS) is 1. The van der Waals surface area contributed by atoms with Gasteiger partial charge < -0.3 is 59.4 Å². The minimum atomic E-state index is -1.04. The molecule has 3 saturated heterocycles. The number of benzene rings is 3. The number of likely N-dealkylation sites (N-methyl/N-ethyl adjacent to an activating group) is 1. The first-order valence-electron chi connectivity index (χ1n) is 27.9. The van der Waals surface area contributed by atoms with E-state index in [0.29, 0.717) is 58.8 Å². The SMILES string of the molecule is Cc1ncsc1-c1ccc(C(C)NC(=O)[C@@H]2C[C@@H](O)CN2C(=O)C(NC(=O)COCCOCCO[C@@H]2C[C@@H](COc3nc4c(c(N5CCN(C(=O)O)[C@@H](CC#N)C5)n3)CCN(c3cccc5ccccc35)C4)N(C)C2)C(C)(C)C)cc1. The smallest absolute Gasteiger partial charge is 0.407 e. The summed E-state index contributed by atoms with van der Waals surface area (Å²) in [6.45, 7) is 13.3. The summed E-state index contributed by atoms with van der Waals surface area (Å²) in [7, 11) is 2.03. The number of fused-ring (bicyclic) bond motifs is 2. The highest BCUT2D eigenvalue weighted by atomic mass is 32.1. The van der Waals surface area contributed by atoms with Crippen LogP contribution in [0.2, 0.25) is 0 Å². The molecule has 3 aromatic carbocycles. The lowest BCUT2D eigenvalue weighted by Gasteiger charge is -2.41. The number of thiazole rings is 1. The molecule has 2 unspecified atom stereocenters. The van der Waals surface area contributed by atoms with E-state index in [9.17, 15) is 34.7 Å². The number of aryl methyl sites for hydroxylation is 1. The molecule has 22 heteroatoms. The van der Waals surface area contributed by atoms with E-state index < -0.39 is 47.6 Å². The molecule has 432 valence electrons. The fourth-order valence-corrected chi connectivity index (χ4v) is 12.2. The van der Waals surface area contributed by atoms with Gasteiger partial charge in [-0.3, -0.25) is 19.3 Å². The van der Waals surface area contributed by atoms with Crippen LogP contribution in [0.4, 0.5) is 16.3 Å². The first-order valence-corrected chi connectivity index (χ1v) is 28.8. The van der Waals surface area contributed by atoms with Crippen molar-refractivity contribution in [1.29, 1.82) is 5.26 Å². The van der Waals surface area contributed by atoms with Crippen LogP contribution >= 0.6 is 11.3 Å². The number of anilines is 2. The number of aromatic nitrogens is 3. The summed E-state index contributed by atoms with van der Waals surface area (Å²) in [6, 6.07) is 22.2. The number of β-amino-alcohol motifs (C(OH)–C–C–N with tert-alkyl or cyclic N) is 1. The molecule has 4 amide bonds. The van der Waals surface area contributed by atoms with E-state index in [2.05, 4.69) is 66.7 Å². The van der Waals surface area contributed by atoms with Crippen molar-refractivity contribution in [3.63, 3.8) is 0 Å². The molecule has 21 nitrogen and oxygen atoms in total. The van der Waals surface area contributed by atoms with Crippen LogP contribution in [0.15, 0.2) is 72.2 Å². The molecule has 4 aliphatic rings. The Morgan fingerprint density at radius 2 is 1.64 bits per heavy atom. The normalized spacial score (nSPS) is 21.1. The van der Waals surface area contributed by atoms with Gasteiger partial charge in [-0.1, -0.05) is 81.4 Å². The highest BCUT2D eigenvalue weighted by Gasteiger charge is 2.45. The average molecular weight is 1130 g/mol. The highest BCUT2D eigenvalue weighted by molar-refractivity contribution is 7.13. The number of nitrogens with one attached hydrogen (secondary N) is 2. The van der Waals surface area contributed by atoms with Crippen molar-refractivity contribution in [3.8, 4) is 22.5 Å². The average Bonchev–Trinajstić information content (AvgIpc) is 4.32. The Morgan fingerprint density at radius 1 is 0.877 bits per heavy atom. The third kappa shape index (κ3) is 14.2. The van der Waals surface area contributed by atoms with E-state index in [4.69, 9.17) is 28.9 Å². The van der Waals surface area contributed by atoms with Crippen molar-refractivity contribution in [2.45, 2.75) is 109 Å². The molecule has 0 aliphatic carbocycles. The van der Waals surface area contributed by atoms with Gasteiger partial charge in [-0.05, 0) is 61.7 Å². The van der Waals surface area contributed by atoms with Crippen LogP contribution in [0.5, 0.6) is 6.01 Å². The second kappa shape index (κ2) is 26.3. The summed E-state index contributed by atoms with van der Waals surface area (Å²) >= 11 is 1.57. The van der Waals surface area contributed by atoms with Crippen molar-refractivity contribution in [1.82, 2.24) is 40.3 Å². The summed E-state index contributed by atoms with van der Waals surface area (Å²) in [5.41, 5.74) is 6.95. The van der Waals surface area contributed by atoms with Crippen molar-refractivity contribution in [2.24, 2.45) is 5.41 Å². The largest absolute Gasteiger partial charge is 0.465 e. The fraction of sp³-hybridized carbons (Fsp3) is 0.525. The zero-order valence-corrected chi connectivity index (χ0v) is 47.9. The van der Waals surface area contributed by atoms with Crippen LogP contribution in [0.1, 0.15) is 75.5 Å². The molecule has 6 heterocycles. The maximum atomic E-state index is 14.2. The van der Waals surface area contributed by atoms with Gasteiger partial charge in [0.25, 0.3) is 0 Å². The van der Waals surface area contributed by atoms with Gasteiger partial charge in [0.05, 0.1) is 91.5 Å². The Morgan fingerprint density at radius 3 is 2.40 bits per heavy atom. The number of ether oxygens (including phenoxy) is 4. The number of amides is 4. The molecule has 4 aliphatic heterocycles. The summed E-state index contributed by atoms with van der Waals surface area (Å²) in [5.74, 6) is -0.612. The van der Waals surface area contributed by atoms with E-state index in [0.717, 1.165) is 61.8 Å². The number of hydrogen-bond donors (Lipinski definition) is 4. The third-order valence-corrected chi connectivity index (χ3v) is 16.8. The third-order valence-electron chi connectivity index (χ3n) is 15.8. The van der Waals surface area contributed by atoms with E-state index in [1.807, 2.05) is 83.6 Å². The maximum absolute atomic E-state index is 14.2. The van der Waals surface area contributed by atoms with Crippen molar-refractivity contribution < 1.29 is 48.3 Å². The fourth-order valence-electron chi connectivity index (χ4n) is 11.4. The number of carbonyl (C=O) groups excluding carboxylic acids is 3. The number of nitriles is 1. The molecule has 0 bridgehead atoms. The summed E-state index contributed by atoms with van der Waals surface area (Å²) in [6.07, 6.45) is -0.459. The first-order chi connectivity index (χ1) is 38.9. The predicted octanol–water partition coefficient (Wildman–Crippen LogP) is 5.58. The Labute approximate surface area is 477 Å². The molecule has 4 N–H and O–H groups in total. The summed E-state index contributed by atoms with van der Waals surface area (Å²) < 4.78 is 24.1. The number of rotatable bonds is 21. The zero-order valence-electron chi connectivity index (χ0n) is 47.1. The Bertz CT molecular complexity index is 3050. The van der Waals surface area contributed by atoms with Gasteiger partial charge in [0, 0.05) is 68.4 Å². The Kier molecular flexibility index (Phi) is 19.0. The number of piperazine rings is 1. The lowest BCUT2D eigenvalue weighted by atomic mass is 9.85. The van der Waals surface area contributed by atoms with Crippen LogP contribution in [0.25, 0.3) is 21.2 Å². The molecule has 7 atom stereocenters. The van der Waals surface area contributed by atoms with Gasteiger partial charge in [0.1, 0.15) is 31.1 Å². The molecule has 0 spiro atoms. The van der Waals surface area contributed by atoms with Crippen molar-refractivity contribution in [3.05, 3.63) is 94.8 Å². The second-order valence-corrected chi connectivity index (χ2v) is 23.4. The minimum Gasteiger partial charge on any atom is -0.465 e. The predicted molar refractivity (Wildman–Crippen MR) is 306 cm³/mol. The summed E-state index contributed by atoms with van der Waals surface area (Å²) in [4.78, 5) is 78.0. The molecule has 3 fully saturated rings. The monoisotopic (exact) mass is 1130 g/mol. The van der Waals surface area contributed by atoms with Gasteiger partial charge in [-0.15, -0.1) is 11.3 Å². The number of hydrogen-bond acceptors (Lipinski definition) is 17. The number of aliphatic hydroxyl groups is 1. The molecule has 0 saturated carbocycles. The van der Waals surface area contributed by atoms with E-state index in [-0.39, 0.29) is 75.9 Å². The molecule has 9 rings (SSSR count). The zero-order chi connectivity index (χ0) is 57.4. The second-order valence-electron chi connectivity index (χ2n) is 22.5. The molecule has 81 heavy (non-hydrogen) atoms. The lowest BCUT2D eigenvalue weighted by Crippen LogP contribution is -2.58. The maximum Gasteiger partial charge on any atom is 0.407 e. The quantitative estimate of drug-likeness (QED) is 0.0655. The van der Waals surface area contributed by atoms with Crippen LogP contribution in [0.3, 0.4) is 0 Å². The standard InChI is InChI=1S/C59H75N11O10S/c1-37(39-14-16-41(17-15-39)52-38(2)61-36-81-52)62-55(73)50-29-44(71)31-70(50)56(74)53(59(3,4)5)64-51(72)35-78-25-24-77-26-27-79-45-28-43(66(6)32-45)34-80-57-63-48-33-67(49-13-9-11-40-10-7-8-12-46(40)49)21-19-47(48)54(65-57)68-22-23-69(58(75)76)42(30-68)18-20-60/h7-17,36-37,42-45,50,53,71H,18-19,21-35H2,1-6H3,(H,62,73)(H,64,72)(H,75,76)/t37?,42-,43-,44+,45+,50-,53?/m0/s1. The Hall–Kier alpha value is -7.00. The lowest BCUT2D eigenvalue weighted by molar-refractivity contribution is -0.144. The van der Waals surface area contributed by atoms with Crippen LogP contribution in [0, 0.1) is 23.7 Å². The molecular formula is C59H75N11O10S. The van der Waals surface area contributed by atoms with Gasteiger partial charge in [0.15, 0.2) is 0 Å². The van der Waals surface area contributed by atoms with E-state index >= 15 is 0 Å². The van der Waals surface area contributed by atoms with Gasteiger partial charge in [-0.2, -0.15) is 15.2 Å². The van der Waals surface area contributed by atoms with Crippen LogP contribution < -0.4 is 25.2 Å². The molecule has 5 aromatic rings. The van der Waals surface area contributed by atoms with Gasteiger partial charge in [0.2, 0.25) is 17.7 Å². The number of aliphatic hydroxyl groups excluding tert-OH is 1. The number of nitrogens with zero attached hydrogens (tertiary/aromatic N) is 9. The van der Waals surface area contributed by atoms with Crippen LogP contribution in [-0.2, 0) is 41.6 Å². The van der Waals surface area contributed by atoms with Crippen molar-refractivity contribution in [2.75, 3.05) is 95.8 Å². The highest BCUT2D eigenvalue weighted by Crippen LogP contribution is 2.36. The van der Waals surface area contributed by atoms with Gasteiger partial charge in [-0.25, -0.2) is 9.78 Å². The molecule has 0 radical (unpaired) electrons. The van der Waals surface area contributed by atoms with E-state index in [1.165, 1.54) is 9.80 Å². The molecule has 2 aromatic heterocycles. The molecular weight excluding hydrogens is 1050 g/mol. The topological polar surface area (TPSA) is 248 Å². The Balaban J connectivity index is 0.716. The number of likely N-dealkylation sites (tertiary alicyclic amines) is 2. The minimum absolute atomic E-state index is 0.0175. The summed E-state index contributed by atoms with van der Waals surface area (Å²) in [5, 5.41) is 38.4. The van der Waals surface area contributed by atoms with Crippen molar-refractivity contribution >= 4 is 57.4 Å². The van der Waals surface area contributed by atoms with Gasteiger partial charge >= 0.3 is 12.1 Å². The number of carbonyl (C=O) groups is 4. The first kappa shape index (κ1) is 58.6. The van der Waals surface area contributed by atoms with Crippen LogP contribution in [-0.4, -0.2) is 186 Å². The van der Waals surface area contributed by atoms with E-state index in [1.54, 1.807) is 11.3 Å².